The maximum Gasteiger partial charge on any atom is 0.210 e. The van der Waals surface area contributed by atoms with E-state index in [0.717, 1.165) is 24.6 Å². The molecule has 0 radical (unpaired) electrons. The van der Waals surface area contributed by atoms with Gasteiger partial charge in [0.1, 0.15) is 0 Å². The van der Waals surface area contributed by atoms with E-state index in [2.05, 4.69) is 29.6 Å². The Labute approximate surface area is 103 Å². The quantitative estimate of drug-likeness (QED) is 0.241. The minimum atomic E-state index is 0.611. The van der Waals surface area contributed by atoms with Gasteiger partial charge in [-0.05, 0) is 30.9 Å². The number of rotatable bonds is 5. The number of nitrogens with one attached hydrogen (secondary N) is 2. The fourth-order valence-electron chi connectivity index (χ4n) is 1.47. The molecule has 94 valence electrons. The first-order valence-corrected chi connectivity index (χ1v) is 6.05. The minimum absolute atomic E-state index is 0.611. The molecule has 0 aliphatic heterocycles. The summed E-state index contributed by atoms with van der Waals surface area (Å²) in [5.41, 5.74) is 3.56. The second-order valence-electron chi connectivity index (χ2n) is 4.40. The van der Waals surface area contributed by atoms with Gasteiger partial charge in [-0.3, -0.25) is 10.4 Å². The van der Waals surface area contributed by atoms with Crippen LogP contribution in [0.4, 0.5) is 5.69 Å². The molecule has 0 atom stereocenters. The minimum Gasteiger partial charge on any atom is -0.325 e. The van der Waals surface area contributed by atoms with Crippen molar-refractivity contribution in [1.82, 2.24) is 5.43 Å². The van der Waals surface area contributed by atoms with Crippen molar-refractivity contribution >= 4 is 11.6 Å². The van der Waals surface area contributed by atoms with Crippen LogP contribution in [-0.2, 0) is 0 Å². The summed E-state index contributed by atoms with van der Waals surface area (Å²) in [6.45, 7) is 5.22. The molecule has 0 saturated heterocycles. The highest BCUT2D eigenvalue weighted by Crippen LogP contribution is 2.05. The summed E-state index contributed by atoms with van der Waals surface area (Å²) in [5.74, 6) is 6.75. The molecule has 0 unspecified atom stereocenters. The molecule has 17 heavy (non-hydrogen) atoms. The second kappa shape index (κ2) is 7.68. The highest BCUT2D eigenvalue weighted by Gasteiger charge is 1.97. The fourth-order valence-corrected chi connectivity index (χ4v) is 1.47. The SMILES string of the molecule is CC(C)CCCN=C(NN)Nc1ccccc1. The Morgan fingerprint density at radius 3 is 2.59 bits per heavy atom. The van der Waals surface area contributed by atoms with Crippen molar-refractivity contribution in [3.05, 3.63) is 30.3 Å². The Kier molecular flexibility index (Phi) is 6.10. The van der Waals surface area contributed by atoms with E-state index < -0.39 is 0 Å². The van der Waals surface area contributed by atoms with Crippen LogP contribution in [0.3, 0.4) is 0 Å². The molecule has 1 aromatic carbocycles. The number of hydrogen-bond donors (Lipinski definition) is 3. The summed E-state index contributed by atoms with van der Waals surface area (Å²) in [6.07, 6.45) is 2.27. The Morgan fingerprint density at radius 2 is 2.00 bits per heavy atom. The molecule has 0 aliphatic rings. The number of anilines is 1. The standard InChI is InChI=1S/C13H22N4/c1-11(2)7-6-10-15-13(17-14)16-12-8-4-3-5-9-12/h3-5,8-9,11H,6-7,10,14H2,1-2H3,(H2,15,16,17). The van der Waals surface area contributed by atoms with Crippen LogP contribution in [0.2, 0.25) is 0 Å². The van der Waals surface area contributed by atoms with Gasteiger partial charge in [-0.15, -0.1) is 0 Å². The topological polar surface area (TPSA) is 62.4 Å². The maximum absolute atomic E-state index is 5.42. The lowest BCUT2D eigenvalue weighted by Crippen LogP contribution is -2.36. The van der Waals surface area contributed by atoms with Crippen LogP contribution in [-0.4, -0.2) is 12.5 Å². The molecule has 1 rings (SSSR count). The third kappa shape index (κ3) is 5.92. The van der Waals surface area contributed by atoms with Gasteiger partial charge in [0.05, 0.1) is 0 Å². The molecule has 1 aromatic rings. The van der Waals surface area contributed by atoms with Gasteiger partial charge in [-0.2, -0.15) is 0 Å². The highest BCUT2D eigenvalue weighted by atomic mass is 15.3. The van der Waals surface area contributed by atoms with E-state index in [0.29, 0.717) is 5.96 Å². The van der Waals surface area contributed by atoms with Crippen LogP contribution in [0.1, 0.15) is 26.7 Å². The average Bonchev–Trinajstić information content (AvgIpc) is 2.34. The molecule has 4 nitrogen and oxygen atoms in total. The van der Waals surface area contributed by atoms with E-state index in [9.17, 15) is 0 Å². The molecule has 0 amide bonds. The van der Waals surface area contributed by atoms with Crippen molar-refractivity contribution in [3.63, 3.8) is 0 Å². The summed E-state index contributed by atoms with van der Waals surface area (Å²) in [5, 5.41) is 3.13. The van der Waals surface area contributed by atoms with Gasteiger partial charge in [-0.25, -0.2) is 5.84 Å². The van der Waals surface area contributed by atoms with Crippen molar-refractivity contribution in [3.8, 4) is 0 Å². The molecule has 0 aliphatic carbocycles. The van der Waals surface area contributed by atoms with Crippen molar-refractivity contribution < 1.29 is 0 Å². The number of aliphatic imine (C=N–C) groups is 1. The maximum atomic E-state index is 5.42. The van der Waals surface area contributed by atoms with E-state index in [1.54, 1.807) is 0 Å². The Bertz CT molecular complexity index is 333. The van der Waals surface area contributed by atoms with E-state index in [1.165, 1.54) is 6.42 Å². The lowest BCUT2D eigenvalue weighted by atomic mass is 10.1. The third-order valence-electron chi connectivity index (χ3n) is 2.38. The van der Waals surface area contributed by atoms with Crippen LogP contribution in [0.5, 0.6) is 0 Å². The van der Waals surface area contributed by atoms with Gasteiger partial charge in [0.2, 0.25) is 5.96 Å². The van der Waals surface area contributed by atoms with Crippen LogP contribution in [0, 0.1) is 5.92 Å². The van der Waals surface area contributed by atoms with Crippen molar-refractivity contribution in [2.75, 3.05) is 11.9 Å². The lowest BCUT2D eigenvalue weighted by Gasteiger charge is -2.09. The Morgan fingerprint density at radius 1 is 1.29 bits per heavy atom. The van der Waals surface area contributed by atoms with Crippen LogP contribution in [0.15, 0.2) is 35.3 Å². The number of benzene rings is 1. The molecular weight excluding hydrogens is 212 g/mol. The molecule has 0 bridgehead atoms. The second-order valence-corrected chi connectivity index (χ2v) is 4.40. The number of para-hydroxylation sites is 1. The third-order valence-corrected chi connectivity index (χ3v) is 2.38. The largest absolute Gasteiger partial charge is 0.325 e. The zero-order valence-corrected chi connectivity index (χ0v) is 10.6. The van der Waals surface area contributed by atoms with Crippen LogP contribution < -0.4 is 16.6 Å². The van der Waals surface area contributed by atoms with Gasteiger partial charge in [-0.1, -0.05) is 32.0 Å². The summed E-state index contributed by atoms with van der Waals surface area (Å²) >= 11 is 0. The zero-order chi connectivity index (χ0) is 12.5. The Hall–Kier alpha value is -1.55. The summed E-state index contributed by atoms with van der Waals surface area (Å²) in [4.78, 5) is 4.38. The number of hydrazine groups is 1. The number of nitrogens with zero attached hydrogens (tertiary/aromatic N) is 1. The normalized spacial score (nSPS) is 11.6. The number of nitrogens with two attached hydrogens (primary N) is 1. The van der Waals surface area contributed by atoms with E-state index in [-0.39, 0.29) is 0 Å². The first-order valence-electron chi connectivity index (χ1n) is 6.05. The molecule has 0 saturated carbocycles. The monoisotopic (exact) mass is 234 g/mol. The summed E-state index contributed by atoms with van der Waals surface area (Å²) in [7, 11) is 0. The molecular formula is C13H22N4. The molecule has 0 spiro atoms. The number of hydrogen-bond acceptors (Lipinski definition) is 2. The van der Waals surface area contributed by atoms with Gasteiger partial charge >= 0.3 is 0 Å². The average molecular weight is 234 g/mol. The highest BCUT2D eigenvalue weighted by molar-refractivity contribution is 5.93. The van der Waals surface area contributed by atoms with Gasteiger partial charge in [0.25, 0.3) is 0 Å². The molecule has 0 heterocycles. The zero-order valence-electron chi connectivity index (χ0n) is 10.6. The Balaban J connectivity index is 2.40. The van der Waals surface area contributed by atoms with Crippen molar-refractivity contribution in [2.45, 2.75) is 26.7 Å². The van der Waals surface area contributed by atoms with Crippen molar-refractivity contribution in [1.29, 1.82) is 0 Å². The fraction of sp³-hybridized carbons (Fsp3) is 0.462. The smallest absolute Gasteiger partial charge is 0.210 e. The molecule has 0 aromatic heterocycles. The molecule has 0 fully saturated rings. The predicted octanol–water partition coefficient (Wildman–Crippen LogP) is 2.35. The molecule has 4 heteroatoms. The summed E-state index contributed by atoms with van der Waals surface area (Å²) < 4.78 is 0. The number of guanidine groups is 1. The van der Waals surface area contributed by atoms with Crippen LogP contribution >= 0.6 is 0 Å². The van der Waals surface area contributed by atoms with E-state index in [4.69, 9.17) is 5.84 Å². The summed E-state index contributed by atoms with van der Waals surface area (Å²) in [6, 6.07) is 9.85. The first kappa shape index (κ1) is 13.5. The predicted molar refractivity (Wildman–Crippen MR) is 73.8 cm³/mol. The van der Waals surface area contributed by atoms with E-state index >= 15 is 0 Å². The lowest BCUT2D eigenvalue weighted by molar-refractivity contribution is 0.561. The van der Waals surface area contributed by atoms with Crippen molar-refractivity contribution in [2.24, 2.45) is 16.8 Å². The first-order chi connectivity index (χ1) is 8.22. The van der Waals surface area contributed by atoms with Gasteiger partial charge in [0.15, 0.2) is 0 Å². The van der Waals surface area contributed by atoms with Gasteiger partial charge < -0.3 is 5.32 Å². The molecule has 4 N–H and O–H groups in total. The van der Waals surface area contributed by atoms with E-state index in [1.807, 2.05) is 30.3 Å². The van der Waals surface area contributed by atoms with Crippen LogP contribution in [0.25, 0.3) is 0 Å². The van der Waals surface area contributed by atoms with Gasteiger partial charge in [0, 0.05) is 12.2 Å².